The van der Waals surface area contributed by atoms with E-state index in [1.54, 1.807) is 17.0 Å². The average Bonchev–Trinajstić information content (AvgIpc) is 3.23. The third-order valence-electron chi connectivity index (χ3n) is 5.77. The second-order valence-corrected chi connectivity index (χ2v) is 10.1. The number of imide groups is 1. The summed E-state index contributed by atoms with van der Waals surface area (Å²) in [6.07, 6.45) is 0. The first-order valence-corrected chi connectivity index (χ1v) is 11.9. The van der Waals surface area contributed by atoms with Gasteiger partial charge >= 0.3 is 4.87 Å². The van der Waals surface area contributed by atoms with Gasteiger partial charge in [0.15, 0.2) is 0 Å². The molecule has 3 atom stereocenters. The Kier molecular flexibility index (Phi) is 5.41. The number of nitrogens with zero attached hydrogens (tertiary/aromatic N) is 2. The summed E-state index contributed by atoms with van der Waals surface area (Å²) in [7, 11) is 0. The zero-order valence-corrected chi connectivity index (χ0v) is 18.6. The Morgan fingerprint density at radius 2 is 1.84 bits per heavy atom. The van der Waals surface area contributed by atoms with Gasteiger partial charge in [0.05, 0.1) is 24.2 Å². The molecule has 5 rings (SSSR count). The van der Waals surface area contributed by atoms with E-state index in [0.717, 1.165) is 16.9 Å². The predicted molar refractivity (Wildman–Crippen MR) is 116 cm³/mol. The molecule has 2 saturated heterocycles. The van der Waals surface area contributed by atoms with Crippen LogP contribution in [0.1, 0.15) is 16.4 Å². The van der Waals surface area contributed by atoms with Crippen molar-refractivity contribution < 1.29 is 19.1 Å². The van der Waals surface area contributed by atoms with Crippen LogP contribution < -0.4 is 10.2 Å². The van der Waals surface area contributed by atoms with E-state index in [0.29, 0.717) is 41.2 Å². The van der Waals surface area contributed by atoms with Gasteiger partial charge in [-0.1, -0.05) is 46.8 Å². The number of hydrogen-bond donors (Lipinski definition) is 1. The van der Waals surface area contributed by atoms with Crippen molar-refractivity contribution in [1.29, 1.82) is 0 Å². The molecule has 3 amide bonds. The van der Waals surface area contributed by atoms with Gasteiger partial charge in [0, 0.05) is 28.9 Å². The Balaban J connectivity index is 1.56. The van der Waals surface area contributed by atoms with E-state index in [9.17, 15) is 19.2 Å². The number of nitrogens with one attached hydrogen (secondary N) is 1. The minimum absolute atomic E-state index is 0.0992. The molecule has 0 radical (unpaired) electrons. The van der Waals surface area contributed by atoms with Crippen molar-refractivity contribution in [3.8, 4) is 0 Å². The average molecular weight is 480 g/mol. The second kappa shape index (κ2) is 8.09. The maximum Gasteiger partial charge on any atom is 0.308 e. The van der Waals surface area contributed by atoms with Gasteiger partial charge in [-0.15, -0.1) is 0 Å². The number of carbonyl (C=O) groups is 3. The van der Waals surface area contributed by atoms with Crippen LogP contribution in [0.5, 0.6) is 0 Å². The molecule has 31 heavy (non-hydrogen) atoms. The van der Waals surface area contributed by atoms with Crippen molar-refractivity contribution in [3.05, 3.63) is 49.4 Å². The lowest BCUT2D eigenvalue weighted by Gasteiger charge is -2.31. The Labute approximate surface area is 190 Å². The van der Waals surface area contributed by atoms with E-state index in [4.69, 9.17) is 16.3 Å². The lowest BCUT2D eigenvalue weighted by Crippen LogP contribution is -2.43. The van der Waals surface area contributed by atoms with Crippen molar-refractivity contribution in [1.82, 2.24) is 14.8 Å². The van der Waals surface area contributed by atoms with Crippen LogP contribution in [0.2, 0.25) is 5.02 Å². The third kappa shape index (κ3) is 3.61. The number of thioether (sulfide) groups is 1. The van der Waals surface area contributed by atoms with Gasteiger partial charge < -0.3 is 9.64 Å². The molecule has 1 N–H and O–H groups in total. The number of morpholine rings is 1. The normalized spacial score (nSPS) is 25.2. The summed E-state index contributed by atoms with van der Waals surface area (Å²) < 4.78 is 6.73. The number of amides is 3. The molecule has 0 saturated carbocycles. The molecular weight excluding hydrogens is 462 g/mol. The number of rotatable bonds is 3. The highest BCUT2D eigenvalue weighted by Crippen LogP contribution is 2.51. The van der Waals surface area contributed by atoms with E-state index < -0.39 is 17.1 Å². The highest BCUT2D eigenvalue weighted by Gasteiger charge is 2.52. The van der Waals surface area contributed by atoms with Crippen LogP contribution in [-0.2, 0) is 25.7 Å². The standard InChI is InChI=1S/C20H18ClN3O5S2/c21-11-3-1-10(2-4-11)13-14-15(18(27)22-17(14)26)30-19-16(13)31-20(28)24(19)9-12(25)23-5-7-29-8-6-23/h1-4,13-15H,5-9H2,(H,22,26,27)/t13-,14+,15-/m0/s1. The summed E-state index contributed by atoms with van der Waals surface area (Å²) in [5, 5.41) is 2.91. The van der Waals surface area contributed by atoms with Crippen LogP contribution in [0.4, 0.5) is 0 Å². The van der Waals surface area contributed by atoms with Crippen molar-refractivity contribution in [2.24, 2.45) is 5.92 Å². The summed E-state index contributed by atoms with van der Waals surface area (Å²) in [4.78, 5) is 52.9. The molecule has 0 aliphatic carbocycles. The number of aromatic nitrogens is 1. The first-order chi connectivity index (χ1) is 14.9. The van der Waals surface area contributed by atoms with E-state index >= 15 is 0 Å². The summed E-state index contributed by atoms with van der Waals surface area (Å²) >= 11 is 8.26. The van der Waals surface area contributed by atoms with E-state index in [1.807, 2.05) is 12.1 Å². The van der Waals surface area contributed by atoms with Crippen molar-refractivity contribution in [2.75, 3.05) is 26.3 Å². The summed E-state index contributed by atoms with van der Waals surface area (Å²) in [5.74, 6) is -1.95. The summed E-state index contributed by atoms with van der Waals surface area (Å²) in [6.45, 7) is 1.83. The van der Waals surface area contributed by atoms with Crippen LogP contribution in [0.15, 0.2) is 34.1 Å². The fraction of sp³-hybridized carbons (Fsp3) is 0.400. The molecule has 0 bridgehead atoms. The molecule has 11 heteroatoms. The molecule has 3 aliphatic rings. The van der Waals surface area contributed by atoms with E-state index in [2.05, 4.69) is 5.32 Å². The Hall–Kier alpha value is -2.14. The van der Waals surface area contributed by atoms with Gasteiger partial charge in [-0.25, -0.2) is 0 Å². The fourth-order valence-corrected chi connectivity index (χ4v) is 7.12. The molecule has 1 aromatic heterocycles. The third-order valence-corrected chi connectivity index (χ3v) is 8.64. The minimum Gasteiger partial charge on any atom is -0.378 e. The quantitative estimate of drug-likeness (QED) is 0.666. The largest absolute Gasteiger partial charge is 0.378 e. The highest BCUT2D eigenvalue weighted by atomic mass is 35.5. The van der Waals surface area contributed by atoms with Gasteiger partial charge in [-0.2, -0.15) is 0 Å². The highest BCUT2D eigenvalue weighted by molar-refractivity contribution is 8.00. The molecule has 8 nitrogen and oxygen atoms in total. The monoisotopic (exact) mass is 479 g/mol. The van der Waals surface area contributed by atoms with Crippen molar-refractivity contribution in [2.45, 2.75) is 22.7 Å². The van der Waals surface area contributed by atoms with Gasteiger partial charge in [-0.05, 0) is 17.7 Å². The first kappa shape index (κ1) is 20.7. The Bertz CT molecular complexity index is 1120. The smallest absolute Gasteiger partial charge is 0.308 e. The maximum absolute atomic E-state index is 12.9. The van der Waals surface area contributed by atoms with Crippen LogP contribution in [0.3, 0.4) is 0 Å². The number of benzene rings is 1. The number of hydrogen-bond acceptors (Lipinski definition) is 7. The Morgan fingerprint density at radius 1 is 1.13 bits per heavy atom. The van der Waals surface area contributed by atoms with E-state index in [1.165, 1.54) is 16.3 Å². The topological polar surface area (TPSA) is 97.7 Å². The SMILES string of the molecule is O=C1NC(=O)[C@H]2Sc3c(sc(=O)n3CC(=O)N3CCOCC3)[C@@H](c3ccc(Cl)cc3)[C@@H]12. The van der Waals surface area contributed by atoms with Gasteiger partial charge in [0.25, 0.3) is 0 Å². The molecule has 3 aliphatic heterocycles. The first-order valence-electron chi connectivity index (χ1n) is 9.80. The summed E-state index contributed by atoms with van der Waals surface area (Å²) in [5.41, 5.74) is 0.804. The van der Waals surface area contributed by atoms with Crippen LogP contribution in [-0.4, -0.2) is 58.7 Å². The van der Waals surface area contributed by atoms with Crippen LogP contribution in [0, 0.1) is 5.92 Å². The number of ether oxygens (including phenoxy) is 1. The lowest BCUT2D eigenvalue weighted by molar-refractivity contribution is -0.136. The van der Waals surface area contributed by atoms with Crippen LogP contribution in [0.25, 0.3) is 0 Å². The molecule has 2 fully saturated rings. The fourth-order valence-electron chi connectivity index (χ4n) is 4.25. The lowest BCUT2D eigenvalue weighted by atomic mass is 9.83. The number of halogens is 1. The molecular formula is C20H18ClN3O5S2. The van der Waals surface area contributed by atoms with Gasteiger partial charge in [-0.3, -0.25) is 29.1 Å². The number of carbonyl (C=O) groups excluding carboxylic acids is 3. The maximum atomic E-state index is 12.9. The van der Waals surface area contributed by atoms with Crippen molar-refractivity contribution in [3.63, 3.8) is 0 Å². The number of thiazole rings is 1. The van der Waals surface area contributed by atoms with Gasteiger partial charge in [0.1, 0.15) is 11.8 Å². The summed E-state index contributed by atoms with van der Waals surface area (Å²) in [6, 6.07) is 7.08. The number of fused-ring (bicyclic) bond motifs is 2. The molecule has 0 unspecified atom stereocenters. The zero-order valence-electron chi connectivity index (χ0n) is 16.2. The van der Waals surface area contributed by atoms with Crippen molar-refractivity contribution >= 4 is 52.4 Å². The minimum atomic E-state index is -0.653. The van der Waals surface area contributed by atoms with E-state index in [-0.39, 0.29) is 29.1 Å². The Morgan fingerprint density at radius 3 is 2.55 bits per heavy atom. The predicted octanol–water partition coefficient (Wildman–Crippen LogP) is 1.30. The molecule has 4 heterocycles. The van der Waals surface area contributed by atoms with Crippen LogP contribution >= 0.6 is 34.7 Å². The molecule has 2 aromatic rings. The zero-order chi connectivity index (χ0) is 21.7. The second-order valence-electron chi connectivity index (χ2n) is 7.56. The van der Waals surface area contributed by atoms with Gasteiger partial charge in [0.2, 0.25) is 17.7 Å². The molecule has 0 spiro atoms. The molecule has 162 valence electrons. The molecule has 1 aromatic carbocycles.